The number of hydrogen-bond acceptors (Lipinski definition) is 4. The number of aliphatic imine (C=N–C) groups is 1. The Balaban J connectivity index is 1.56. The molecule has 4 aromatic rings. The fourth-order valence-electron chi connectivity index (χ4n) is 3.41. The number of nitrogens with one attached hydrogen (secondary N) is 2. The molecule has 1 aromatic heterocycles. The first-order chi connectivity index (χ1) is 15.0. The number of rotatable bonds is 4. The van der Waals surface area contributed by atoms with Crippen molar-refractivity contribution in [3.05, 3.63) is 72.0 Å². The SMILES string of the molecule is CN=Cn1nc(N)c2c(-c3ccc(NC(=O)Nc4cc(C)ccc4F)cc3)cccc21. The van der Waals surface area contributed by atoms with E-state index < -0.39 is 11.8 Å². The van der Waals surface area contributed by atoms with Gasteiger partial charge in [0.25, 0.3) is 0 Å². The van der Waals surface area contributed by atoms with Crippen LogP contribution in [0.4, 0.5) is 26.4 Å². The maximum atomic E-state index is 13.9. The minimum atomic E-state index is -0.524. The van der Waals surface area contributed by atoms with Crippen LogP contribution in [0.25, 0.3) is 22.0 Å². The Labute approximate surface area is 178 Å². The summed E-state index contributed by atoms with van der Waals surface area (Å²) in [4.78, 5) is 16.3. The zero-order valence-corrected chi connectivity index (χ0v) is 17.1. The molecule has 1 heterocycles. The average molecular weight is 416 g/mol. The molecule has 0 bridgehead atoms. The van der Waals surface area contributed by atoms with Gasteiger partial charge >= 0.3 is 6.03 Å². The Kier molecular flexibility index (Phi) is 5.36. The molecule has 0 unspecified atom stereocenters. The van der Waals surface area contributed by atoms with E-state index in [-0.39, 0.29) is 5.69 Å². The number of nitrogens with zero attached hydrogens (tertiary/aromatic N) is 3. The lowest BCUT2D eigenvalue weighted by atomic mass is 10.0. The molecule has 0 aliphatic heterocycles. The number of halogens is 1. The highest BCUT2D eigenvalue weighted by atomic mass is 19.1. The van der Waals surface area contributed by atoms with Gasteiger partial charge < -0.3 is 16.4 Å². The Morgan fingerprint density at radius 2 is 1.90 bits per heavy atom. The highest BCUT2D eigenvalue weighted by Crippen LogP contribution is 2.32. The quantitative estimate of drug-likeness (QED) is 0.327. The van der Waals surface area contributed by atoms with E-state index in [1.54, 1.807) is 42.3 Å². The van der Waals surface area contributed by atoms with E-state index in [1.165, 1.54) is 6.07 Å². The summed E-state index contributed by atoms with van der Waals surface area (Å²) in [6, 6.07) is 17.1. The topological polar surface area (TPSA) is 97.3 Å². The molecule has 4 N–H and O–H groups in total. The maximum Gasteiger partial charge on any atom is 0.323 e. The van der Waals surface area contributed by atoms with Gasteiger partial charge in [-0.1, -0.05) is 30.3 Å². The van der Waals surface area contributed by atoms with Gasteiger partial charge in [-0.25, -0.2) is 13.9 Å². The normalized spacial score (nSPS) is 11.2. The highest BCUT2D eigenvalue weighted by molar-refractivity contribution is 6.04. The van der Waals surface area contributed by atoms with E-state index in [4.69, 9.17) is 5.73 Å². The Morgan fingerprint density at radius 3 is 2.65 bits per heavy atom. The molecule has 31 heavy (non-hydrogen) atoms. The van der Waals surface area contributed by atoms with Crippen molar-refractivity contribution >= 4 is 40.5 Å². The Hall–Kier alpha value is -4.20. The van der Waals surface area contributed by atoms with Gasteiger partial charge in [0.2, 0.25) is 0 Å². The molecule has 0 aliphatic rings. The van der Waals surface area contributed by atoms with E-state index in [2.05, 4.69) is 20.7 Å². The van der Waals surface area contributed by atoms with Gasteiger partial charge in [-0.05, 0) is 53.9 Å². The van der Waals surface area contributed by atoms with Gasteiger partial charge in [-0.15, -0.1) is 5.10 Å². The number of amides is 2. The second kappa shape index (κ2) is 8.27. The van der Waals surface area contributed by atoms with Crippen molar-refractivity contribution < 1.29 is 9.18 Å². The van der Waals surface area contributed by atoms with E-state index in [0.717, 1.165) is 27.6 Å². The monoisotopic (exact) mass is 416 g/mol. The molecule has 156 valence electrons. The van der Waals surface area contributed by atoms with Gasteiger partial charge in [0.05, 0.1) is 16.6 Å². The second-order valence-corrected chi connectivity index (χ2v) is 7.04. The summed E-state index contributed by atoms with van der Waals surface area (Å²) in [7, 11) is 1.67. The van der Waals surface area contributed by atoms with E-state index in [0.29, 0.717) is 11.5 Å². The summed E-state index contributed by atoms with van der Waals surface area (Å²) in [6.07, 6.45) is 1.60. The number of anilines is 3. The number of hydrogen-bond donors (Lipinski definition) is 3. The van der Waals surface area contributed by atoms with Crippen LogP contribution >= 0.6 is 0 Å². The van der Waals surface area contributed by atoms with Gasteiger partial charge in [-0.3, -0.25) is 4.99 Å². The van der Waals surface area contributed by atoms with Crippen LogP contribution in [0.1, 0.15) is 5.56 Å². The average Bonchev–Trinajstić information content (AvgIpc) is 3.07. The number of carbonyl (C=O) groups excluding carboxylic acids is 1. The van der Waals surface area contributed by atoms with Crippen LogP contribution < -0.4 is 16.4 Å². The van der Waals surface area contributed by atoms with E-state index in [9.17, 15) is 9.18 Å². The molecule has 0 spiro atoms. The van der Waals surface area contributed by atoms with Crippen molar-refractivity contribution in [2.24, 2.45) is 4.99 Å². The van der Waals surface area contributed by atoms with Gasteiger partial charge in [-0.2, -0.15) is 0 Å². The number of aromatic nitrogens is 2. The number of carbonyl (C=O) groups is 1. The molecule has 7 nitrogen and oxygen atoms in total. The number of benzene rings is 3. The number of fused-ring (bicyclic) bond motifs is 1. The number of urea groups is 1. The van der Waals surface area contributed by atoms with E-state index >= 15 is 0 Å². The Bertz CT molecular complexity index is 1290. The van der Waals surface area contributed by atoms with Gasteiger partial charge in [0, 0.05) is 12.7 Å². The molecule has 0 aliphatic carbocycles. The first kappa shape index (κ1) is 20.1. The van der Waals surface area contributed by atoms with Crippen LogP contribution in [0.3, 0.4) is 0 Å². The minimum absolute atomic E-state index is 0.129. The molecule has 0 radical (unpaired) electrons. The van der Waals surface area contributed by atoms with Crippen molar-refractivity contribution in [1.82, 2.24) is 9.78 Å². The molecule has 0 saturated heterocycles. The van der Waals surface area contributed by atoms with Gasteiger partial charge in [0.1, 0.15) is 12.2 Å². The molecule has 3 aromatic carbocycles. The van der Waals surface area contributed by atoms with Crippen LogP contribution in [-0.4, -0.2) is 29.2 Å². The first-order valence-corrected chi connectivity index (χ1v) is 9.60. The fourth-order valence-corrected chi connectivity index (χ4v) is 3.41. The predicted octanol–water partition coefficient (Wildman–Crippen LogP) is 4.88. The smallest absolute Gasteiger partial charge is 0.323 e. The van der Waals surface area contributed by atoms with E-state index in [1.807, 2.05) is 37.3 Å². The predicted molar refractivity (Wildman–Crippen MR) is 123 cm³/mol. The summed E-state index contributed by atoms with van der Waals surface area (Å²) in [5.74, 6) is -0.0808. The lowest BCUT2D eigenvalue weighted by Crippen LogP contribution is -2.20. The summed E-state index contributed by atoms with van der Waals surface area (Å²) in [5, 5.41) is 10.4. The highest BCUT2D eigenvalue weighted by Gasteiger charge is 2.13. The largest absolute Gasteiger partial charge is 0.382 e. The lowest BCUT2D eigenvalue weighted by molar-refractivity contribution is 0.262. The molecular weight excluding hydrogens is 395 g/mol. The summed E-state index contributed by atoms with van der Waals surface area (Å²) < 4.78 is 15.5. The van der Waals surface area contributed by atoms with Crippen LogP contribution in [0.15, 0.2) is 65.7 Å². The molecule has 0 atom stereocenters. The van der Waals surface area contributed by atoms with Crippen molar-refractivity contribution in [2.45, 2.75) is 6.92 Å². The van der Waals surface area contributed by atoms with Crippen molar-refractivity contribution in [3.8, 4) is 11.1 Å². The third kappa shape index (κ3) is 4.09. The molecule has 0 saturated carbocycles. The fraction of sp³-hybridized carbons (Fsp3) is 0.0870. The summed E-state index contributed by atoms with van der Waals surface area (Å²) >= 11 is 0. The third-order valence-corrected chi connectivity index (χ3v) is 4.81. The van der Waals surface area contributed by atoms with Crippen LogP contribution in [-0.2, 0) is 0 Å². The van der Waals surface area contributed by atoms with Crippen LogP contribution in [0.5, 0.6) is 0 Å². The molecule has 2 amide bonds. The van der Waals surface area contributed by atoms with Crippen molar-refractivity contribution in [2.75, 3.05) is 23.4 Å². The van der Waals surface area contributed by atoms with Crippen LogP contribution in [0, 0.1) is 12.7 Å². The third-order valence-electron chi connectivity index (χ3n) is 4.81. The van der Waals surface area contributed by atoms with Gasteiger partial charge in [0.15, 0.2) is 5.82 Å². The molecule has 4 rings (SSSR count). The number of nitrogens with two attached hydrogens (primary N) is 1. The molecule has 0 fully saturated rings. The number of aryl methyl sites for hydroxylation is 1. The Morgan fingerprint density at radius 1 is 1.13 bits per heavy atom. The maximum absolute atomic E-state index is 13.9. The molecular formula is C23H21FN6O. The summed E-state index contributed by atoms with van der Waals surface area (Å²) in [5.41, 5.74) is 10.4. The second-order valence-electron chi connectivity index (χ2n) is 7.04. The number of nitrogen functional groups attached to an aromatic ring is 1. The zero-order chi connectivity index (χ0) is 22.0. The van der Waals surface area contributed by atoms with Crippen molar-refractivity contribution in [3.63, 3.8) is 0 Å². The minimum Gasteiger partial charge on any atom is -0.382 e. The summed E-state index contributed by atoms with van der Waals surface area (Å²) in [6.45, 7) is 1.83. The molecule has 8 heteroatoms. The van der Waals surface area contributed by atoms with Crippen LogP contribution in [0.2, 0.25) is 0 Å². The standard InChI is InChI=1S/C23H21FN6O/c1-14-6-11-18(24)19(12-14)28-23(31)27-16-9-7-15(8-10-16)17-4-3-5-20-21(17)22(25)29-30(20)13-26-2/h3-13H,1-2H3,(H2,25,29)(H2,27,28,31). The van der Waals surface area contributed by atoms with Crippen molar-refractivity contribution in [1.29, 1.82) is 0 Å². The first-order valence-electron chi connectivity index (χ1n) is 9.60. The zero-order valence-electron chi connectivity index (χ0n) is 17.1. The lowest BCUT2D eigenvalue weighted by Gasteiger charge is -2.10.